The van der Waals surface area contributed by atoms with Crippen LogP contribution >= 0.6 is 0 Å². The molecule has 1 aliphatic heterocycles. The Hall–Kier alpha value is -1.16. The van der Waals surface area contributed by atoms with Crippen molar-refractivity contribution in [2.45, 2.75) is 33.1 Å². The van der Waals surface area contributed by atoms with Crippen molar-refractivity contribution >= 4 is 5.82 Å². The molecule has 0 unspecified atom stereocenters. The number of anilines is 1. The van der Waals surface area contributed by atoms with Gasteiger partial charge >= 0.3 is 0 Å². The lowest BCUT2D eigenvalue weighted by molar-refractivity contribution is 0.382. The van der Waals surface area contributed by atoms with Crippen molar-refractivity contribution in [1.29, 1.82) is 0 Å². The maximum atomic E-state index is 4.26. The van der Waals surface area contributed by atoms with Crippen LogP contribution in [0.5, 0.6) is 0 Å². The first-order valence-electron chi connectivity index (χ1n) is 7.05. The molecular formula is C14H24N4. The molecule has 1 aromatic heterocycles. The first kappa shape index (κ1) is 13.3. The Morgan fingerprint density at radius 1 is 1.28 bits per heavy atom. The zero-order valence-electron chi connectivity index (χ0n) is 11.5. The van der Waals surface area contributed by atoms with Crippen LogP contribution in [0.4, 0.5) is 5.82 Å². The molecule has 0 spiro atoms. The first-order chi connectivity index (χ1) is 8.79. The number of piperidine rings is 1. The fraction of sp³-hybridized carbons (Fsp3) is 0.714. The van der Waals surface area contributed by atoms with E-state index in [1.165, 1.54) is 25.8 Å². The van der Waals surface area contributed by atoms with Crippen LogP contribution in [0.15, 0.2) is 12.1 Å². The quantitative estimate of drug-likeness (QED) is 0.809. The molecule has 4 nitrogen and oxygen atoms in total. The van der Waals surface area contributed by atoms with E-state index < -0.39 is 0 Å². The molecule has 100 valence electrons. The Kier molecular flexibility index (Phi) is 4.93. The second kappa shape index (κ2) is 6.69. The summed E-state index contributed by atoms with van der Waals surface area (Å²) in [4.78, 5) is 2.35. The van der Waals surface area contributed by atoms with Crippen molar-refractivity contribution in [3.63, 3.8) is 0 Å². The van der Waals surface area contributed by atoms with Crippen molar-refractivity contribution in [3.05, 3.63) is 17.8 Å². The Morgan fingerprint density at radius 3 is 2.67 bits per heavy atom. The van der Waals surface area contributed by atoms with E-state index in [0.717, 1.165) is 37.1 Å². The van der Waals surface area contributed by atoms with Crippen molar-refractivity contribution in [3.8, 4) is 0 Å². The van der Waals surface area contributed by atoms with E-state index in [0.29, 0.717) is 0 Å². The maximum absolute atomic E-state index is 4.26. The Bertz CT molecular complexity index is 341. The summed E-state index contributed by atoms with van der Waals surface area (Å²) >= 11 is 0. The number of rotatable bonds is 5. The molecule has 2 heterocycles. The van der Waals surface area contributed by atoms with E-state index >= 15 is 0 Å². The summed E-state index contributed by atoms with van der Waals surface area (Å²) in [5.74, 6) is 1.85. The van der Waals surface area contributed by atoms with Crippen LogP contribution in [0, 0.1) is 12.8 Å². The Balaban J connectivity index is 1.77. The van der Waals surface area contributed by atoms with Gasteiger partial charge in [0.15, 0.2) is 5.82 Å². The number of aromatic nitrogens is 2. The third kappa shape index (κ3) is 3.67. The van der Waals surface area contributed by atoms with Crippen LogP contribution in [0.2, 0.25) is 0 Å². The van der Waals surface area contributed by atoms with Gasteiger partial charge in [0.1, 0.15) is 0 Å². The molecular weight excluding hydrogens is 224 g/mol. The van der Waals surface area contributed by atoms with Crippen LogP contribution in [0.3, 0.4) is 0 Å². The van der Waals surface area contributed by atoms with Crippen molar-refractivity contribution in [2.24, 2.45) is 5.92 Å². The number of hydrogen-bond acceptors (Lipinski definition) is 4. The topological polar surface area (TPSA) is 41.0 Å². The van der Waals surface area contributed by atoms with Gasteiger partial charge in [-0.2, -0.15) is 5.10 Å². The third-order valence-electron chi connectivity index (χ3n) is 3.58. The van der Waals surface area contributed by atoms with Gasteiger partial charge in [-0.05, 0) is 57.3 Å². The van der Waals surface area contributed by atoms with Crippen molar-refractivity contribution in [1.82, 2.24) is 15.5 Å². The molecule has 0 radical (unpaired) electrons. The fourth-order valence-electron chi connectivity index (χ4n) is 2.41. The summed E-state index contributed by atoms with van der Waals surface area (Å²) in [5, 5.41) is 11.9. The largest absolute Gasteiger partial charge is 0.355 e. The smallest absolute Gasteiger partial charge is 0.151 e. The molecule has 0 bridgehead atoms. The molecule has 4 heteroatoms. The maximum Gasteiger partial charge on any atom is 0.151 e. The highest BCUT2D eigenvalue weighted by atomic mass is 15.3. The molecule has 1 saturated heterocycles. The van der Waals surface area contributed by atoms with Gasteiger partial charge in [0.2, 0.25) is 0 Å². The van der Waals surface area contributed by atoms with Gasteiger partial charge in [-0.1, -0.05) is 6.92 Å². The van der Waals surface area contributed by atoms with Gasteiger partial charge in [0, 0.05) is 13.1 Å². The van der Waals surface area contributed by atoms with Gasteiger partial charge < -0.3 is 10.2 Å². The van der Waals surface area contributed by atoms with Gasteiger partial charge in [-0.25, -0.2) is 0 Å². The lowest BCUT2D eigenvalue weighted by Gasteiger charge is -2.32. The summed E-state index contributed by atoms with van der Waals surface area (Å²) < 4.78 is 0. The van der Waals surface area contributed by atoms with E-state index in [2.05, 4.69) is 33.4 Å². The monoisotopic (exact) mass is 248 g/mol. The summed E-state index contributed by atoms with van der Waals surface area (Å²) in [7, 11) is 0. The standard InChI is InChI=1S/C14H24N4/c1-3-8-15-11-13-6-9-18(10-7-13)14-5-4-12(2)16-17-14/h4-5,13,15H,3,6-11H2,1-2H3. The lowest BCUT2D eigenvalue weighted by atomic mass is 9.97. The minimum atomic E-state index is 0.825. The SMILES string of the molecule is CCCNCC1CCN(c2ccc(C)nn2)CC1. The summed E-state index contributed by atoms with van der Waals surface area (Å²) in [6, 6.07) is 4.12. The van der Waals surface area contributed by atoms with E-state index in [-0.39, 0.29) is 0 Å². The van der Waals surface area contributed by atoms with Gasteiger partial charge in [0.25, 0.3) is 0 Å². The highest BCUT2D eigenvalue weighted by molar-refractivity contribution is 5.37. The molecule has 1 aliphatic rings. The number of hydrogen-bond donors (Lipinski definition) is 1. The molecule has 0 saturated carbocycles. The molecule has 1 fully saturated rings. The minimum Gasteiger partial charge on any atom is -0.355 e. The van der Waals surface area contributed by atoms with Crippen LogP contribution in [-0.2, 0) is 0 Å². The summed E-state index contributed by atoms with van der Waals surface area (Å²) in [6.07, 6.45) is 3.73. The summed E-state index contributed by atoms with van der Waals surface area (Å²) in [5.41, 5.74) is 0.984. The normalized spacial score (nSPS) is 17.1. The van der Waals surface area contributed by atoms with Crippen LogP contribution in [0.25, 0.3) is 0 Å². The highest BCUT2D eigenvalue weighted by Crippen LogP contribution is 2.20. The second-order valence-corrected chi connectivity index (χ2v) is 5.17. The molecule has 1 aromatic rings. The Labute approximate surface area is 110 Å². The van der Waals surface area contributed by atoms with E-state index in [1.807, 2.05) is 13.0 Å². The number of nitrogens with one attached hydrogen (secondary N) is 1. The molecule has 2 rings (SSSR count). The number of aryl methyl sites for hydroxylation is 1. The summed E-state index contributed by atoms with van der Waals surface area (Å²) in [6.45, 7) is 8.71. The van der Waals surface area contributed by atoms with Gasteiger partial charge in [0.05, 0.1) is 5.69 Å². The van der Waals surface area contributed by atoms with Crippen molar-refractivity contribution in [2.75, 3.05) is 31.1 Å². The average Bonchev–Trinajstić information content (AvgIpc) is 2.41. The van der Waals surface area contributed by atoms with E-state index in [4.69, 9.17) is 0 Å². The third-order valence-corrected chi connectivity index (χ3v) is 3.58. The zero-order valence-corrected chi connectivity index (χ0v) is 11.5. The van der Waals surface area contributed by atoms with E-state index in [1.54, 1.807) is 0 Å². The second-order valence-electron chi connectivity index (χ2n) is 5.17. The minimum absolute atomic E-state index is 0.825. The van der Waals surface area contributed by atoms with Crippen LogP contribution in [0.1, 0.15) is 31.9 Å². The van der Waals surface area contributed by atoms with Crippen LogP contribution < -0.4 is 10.2 Å². The van der Waals surface area contributed by atoms with Gasteiger partial charge in [-0.3, -0.25) is 0 Å². The number of nitrogens with zero attached hydrogens (tertiary/aromatic N) is 3. The molecule has 0 atom stereocenters. The highest BCUT2D eigenvalue weighted by Gasteiger charge is 2.19. The van der Waals surface area contributed by atoms with Crippen molar-refractivity contribution < 1.29 is 0 Å². The molecule has 18 heavy (non-hydrogen) atoms. The van der Waals surface area contributed by atoms with Crippen LogP contribution in [-0.4, -0.2) is 36.4 Å². The van der Waals surface area contributed by atoms with E-state index in [9.17, 15) is 0 Å². The Morgan fingerprint density at radius 2 is 2.06 bits per heavy atom. The predicted octanol–water partition coefficient (Wildman–Crippen LogP) is 2.00. The van der Waals surface area contributed by atoms with Gasteiger partial charge in [-0.15, -0.1) is 5.10 Å². The first-order valence-corrected chi connectivity index (χ1v) is 7.05. The molecule has 0 aromatic carbocycles. The fourth-order valence-corrected chi connectivity index (χ4v) is 2.41. The molecule has 0 aliphatic carbocycles. The molecule has 0 amide bonds. The zero-order chi connectivity index (χ0) is 12.8. The predicted molar refractivity (Wildman–Crippen MR) is 74.9 cm³/mol. The molecule has 1 N–H and O–H groups in total. The lowest BCUT2D eigenvalue weighted by Crippen LogP contribution is -2.37. The average molecular weight is 248 g/mol.